The van der Waals surface area contributed by atoms with Crippen molar-refractivity contribution in [3.05, 3.63) is 0 Å². The van der Waals surface area contributed by atoms with Gasteiger partial charge < -0.3 is 15.3 Å². The number of carbonyl (C=O) groups is 1. The number of carboxylic acid groups (broad SMARTS) is 1. The summed E-state index contributed by atoms with van der Waals surface area (Å²) in [5, 5.41) is 9.02. The average Bonchev–Trinajstić information content (AvgIpc) is 1.38. The van der Waals surface area contributed by atoms with Crippen molar-refractivity contribution in [2.75, 3.05) is 0 Å². The van der Waals surface area contributed by atoms with E-state index in [0.717, 1.165) is 0 Å². The van der Waals surface area contributed by atoms with Crippen LogP contribution in [0.15, 0.2) is 0 Å². The maximum absolute atomic E-state index is 9.02. The van der Waals surface area contributed by atoms with E-state index < -0.39 is 6.09 Å². The second-order valence-corrected chi connectivity index (χ2v) is 0.432. The van der Waals surface area contributed by atoms with E-state index in [-0.39, 0.29) is 38.0 Å². The Labute approximate surface area is 65.3 Å². The van der Waals surface area contributed by atoms with E-state index in [0.29, 0.717) is 0 Å². The van der Waals surface area contributed by atoms with Crippen LogP contribution >= 0.6 is 0 Å². The van der Waals surface area contributed by atoms with Crippen LogP contribution in [-0.2, 0) is 0 Å². The Morgan fingerprint density at radius 1 is 1.71 bits per heavy atom. The third-order valence-corrected chi connectivity index (χ3v) is 0.118. The van der Waals surface area contributed by atoms with Gasteiger partial charge in [-0.1, -0.05) is 0 Å². The van der Waals surface area contributed by atoms with Gasteiger partial charge in [-0.2, -0.15) is 0 Å². The molecule has 0 atom stereocenters. The molecular formula is CH3BN2NaO2. The Morgan fingerprint density at radius 2 is 1.86 bits per heavy atom. The Kier molecular flexibility index (Phi) is 21.4. The Hall–Kier alpha value is 0.295. The Balaban J connectivity index is -0.0000000800. The van der Waals surface area contributed by atoms with E-state index >= 15 is 0 Å². The first kappa shape index (κ1) is 15.7. The van der Waals surface area contributed by atoms with Crippen LogP contribution in [0.2, 0.25) is 0 Å². The van der Waals surface area contributed by atoms with Crippen LogP contribution in [0, 0.1) is 0 Å². The zero-order chi connectivity index (χ0) is 4.28. The summed E-state index contributed by atoms with van der Waals surface area (Å²) in [5.41, 5.74) is 1.33. The number of nitrogens with one attached hydrogen (secondary N) is 1. The number of hydrogen-bond acceptors (Lipinski definition) is 3. The maximum Gasteiger partial charge on any atom is 1.00 e. The molecule has 0 heterocycles. The minimum atomic E-state index is -1.47. The number of rotatable bonds is 0. The zero-order valence-electron chi connectivity index (χ0n) is 3.97. The Morgan fingerprint density at radius 3 is 1.86 bits per heavy atom. The quantitative estimate of drug-likeness (QED) is 0.141. The van der Waals surface area contributed by atoms with Gasteiger partial charge in [-0.05, 0) is 0 Å². The van der Waals surface area contributed by atoms with Crippen molar-refractivity contribution >= 4 is 14.5 Å². The second kappa shape index (κ2) is 9.57. The van der Waals surface area contributed by atoms with E-state index in [1.54, 1.807) is 0 Å². The van der Waals surface area contributed by atoms with E-state index in [2.05, 4.69) is 5.84 Å². The fourth-order valence-electron chi connectivity index (χ4n) is 0. The molecule has 0 aromatic rings. The smallest absolute Gasteiger partial charge is 0.529 e. The van der Waals surface area contributed by atoms with Crippen molar-refractivity contribution in [3.8, 4) is 0 Å². The summed E-state index contributed by atoms with van der Waals surface area (Å²) in [7, 11) is 0. The molecule has 0 fully saturated rings. The van der Waals surface area contributed by atoms with Gasteiger partial charge in [0.1, 0.15) is 6.09 Å². The zero-order valence-corrected chi connectivity index (χ0v) is 5.97. The summed E-state index contributed by atoms with van der Waals surface area (Å²) in [6, 6.07) is 0. The average molecular weight is 109 g/mol. The fourth-order valence-corrected chi connectivity index (χ4v) is 0. The molecule has 33 valence electrons. The second-order valence-electron chi connectivity index (χ2n) is 0.432. The van der Waals surface area contributed by atoms with Crippen molar-refractivity contribution in [2.24, 2.45) is 5.84 Å². The van der Waals surface area contributed by atoms with Gasteiger partial charge in [0.2, 0.25) is 0 Å². The summed E-state index contributed by atoms with van der Waals surface area (Å²) in [4.78, 5) is 9.02. The normalized spacial score (nSPS) is 4.71. The summed E-state index contributed by atoms with van der Waals surface area (Å²) in [5.74, 6) is 4.26. The standard InChI is InChI=1S/CH4N2O2.B.Na/c2-3-1(4)5;;/h3H,2H2,(H,4,5);;/q;;+1/p-1. The first-order valence-corrected chi connectivity index (χ1v) is 0.947. The molecule has 0 rings (SSSR count). The molecule has 1 amide bonds. The first-order chi connectivity index (χ1) is 2.27. The van der Waals surface area contributed by atoms with Gasteiger partial charge in [-0.25, -0.2) is 5.84 Å². The third-order valence-electron chi connectivity index (χ3n) is 0.118. The van der Waals surface area contributed by atoms with E-state index in [4.69, 9.17) is 9.90 Å². The molecule has 0 unspecified atom stereocenters. The predicted octanol–water partition coefficient (Wildman–Crippen LogP) is -5.58. The van der Waals surface area contributed by atoms with E-state index in [9.17, 15) is 0 Å². The van der Waals surface area contributed by atoms with Crippen LogP contribution in [0.1, 0.15) is 0 Å². The molecule has 0 saturated carbocycles. The van der Waals surface area contributed by atoms with E-state index in [1.807, 2.05) is 0 Å². The van der Waals surface area contributed by atoms with E-state index in [1.165, 1.54) is 5.43 Å². The summed E-state index contributed by atoms with van der Waals surface area (Å²) < 4.78 is 0. The fraction of sp³-hybridized carbons (Fsp3) is 0. The number of amides is 1. The molecule has 3 radical (unpaired) electrons. The molecule has 7 heavy (non-hydrogen) atoms. The number of hydrogen-bond donors (Lipinski definition) is 2. The molecule has 0 spiro atoms. The molecule has 0 aliphatic heterocycles. The van der Waals surface area contributed by atoms with Gasteiger partial charge >= 0.3 is 29.6 Å². The monoisotopic (exact) mass is 109 g/mol. The van der Waals surface area contributed by atoms with Crippen LogP contribution < -0.4 is 45.9 Å². The predicted molar refractivity (Wildman–Crippen MR) is 18.5 cm³/mol. The first-order valence-electron chi connectivity index (χ1n) is 0.947. The minimum Gasteiger partial charge on any atom is -0.529 e. The molecule has 0 aliphatic rings. The van der Waals surface area contributed by atoms with Gasteiger partial charge in [-0.15, -0.1) is 0 Å². The Bertz CT molecular complexity index is 51.0. The summed E-state index contributed by atoms with van der Waals surface area (Å²) in [6.07, 6.45) is -1.47. The molecule has 0 aromatic heterocycles. The maximum atomic E-state index is 9.02. The third kappa shape index (κ3) is 22.0. The van der Waals surface area contributed by atoms with Crippen molar-refractivity contribution < 1.29 is 39.5 Å². The topological polar surface area (TPSA) is 78.2 Å². The van der Waals surface area contributed by atoms with Crippen LogP contribution in [0.5, 0.6) is 0 Å². The van der Waals surface area contributed by atoms with Crippen molar-refractivity contribution in [1.82, 2.24) is 5.43 Å². The molecule has 0 aromatic carbocycles. The van der Waals surface area contributed by atoms with Gasteiger partial charge in [0, 0.05) is 8.41 Å². The van der Waals surface area contributed by atoms with Crippen molar-refractivity contribution in [3.63, 3.8) is 0 Å². The number of nitrogens with two attached hydrogens (primary N) is 1. The molecular weight excluding hydrogens is 106 g/mol. The van der Waals surface area contributed by atoms with Crippen LogP contribution in [0.3, 0.4) is 0 Å². The molecule has 0 aliphatic carbocycles. The van der Waals surface area contributed by atoms with Gasteiger partial charge in [0.15, 0.2) is 0 Å². The number of hydrazine groups is 1. The van der Waals surface area contributed by atoms with Gasteiger partial charge in [0.25, 0.3) is 0 Å². The van der Waals surface area contributed by atoms with Crippen LogP contribution in [0.4, 0.5) is 4.79 Å². The van der Waals surface area contributed by atoms with Crippen molar-refractivity contribution in [1.29, 1.82) is 0 Å². The summed E-state index contributed by atoms with van der Waals surface area (Å²) >= 11 is 0. The molecule has 0 bridgehead atoms. The molecule has 6 heteroatoms. The largest absolute Gasteiger partial charge is 1.00 e. The van der Waals surface area contributed by atoms with Crippen LogP contribution in [-0.4, -0.2) is 14.5 Å². The van der Waals surface area contributed by atoms with Gasteiger partial charge in [0.05, 0.1) is 0 Å². The van der Waals surface area contributed by atoms with Crippen molar-refractivity contribution in [2.45, 2.75) is 0 Å². The SMILES string of the molecule is NNC(=O)[O-].[B].[Na+]. The van der Waals surface area contributed by atoms with Crippen LogP contribution in [0.25, 0.3) is 0 Å². The summed E-state index contributed by atoms with van der Waals surface area (Å²) in [6.45, 7) is 0. The number of carbonyl (C=O) groups excluding carboxylic acids is 1. The molecule has 0 saturated heterocycles. The van der Waals surface area contributed by atoms with Gasteiger partial charge in [-0.3, -0.25) is 0 Å². The minimum absolute atomic E-state index is 0. The molecule has 3 N–H and O–H groups in total. The molecule has 4 nitrogen and oxygen atoms in total.